The Morgan fingerprint density at radius 2 is 1.70 bits per heavy atom. The first-order valence-corrected chi connectivity index (χ1v) is 12.8. The van der Waals surface area contributed by atoms with Gasteiger partial charge in [-0.1, -0.05) is 17.7 Å². The van der Waals surface area contributed by atoms with Gasteiger partial charge in [-0.3, -0.25) is 9.59 Å². The van der Waals surface area contributed by atoms with Gasteiger partial charge in [-0.25, -0.2) is 13.6 Å². The fraction of sp³-hybridized carbons (Fsp3) is 0.444. The molecular formula is C27H30ClF2N3O4. The van der Waals surface area contributed by atoms with Crippen LogP contribution in [0.5, 0.6) is 5.75 Å². The number of ether oxygens (including phenoxy) is 1. The van der Waals surface area contributed by atoms with E-state index in [1.165, 1.54) is 48.2 Å². The molecule has 2 atom stereocenters. The molecular weight excluding hydrogens is 504 g/mol. The Labute approximate surface area is 219 Å². The number of hydrogen-bond donors (Lipinski definition) is 0. The maximum Gasteiger partial charge on any atom is 0.415 e. The first-order valence-electron chi connectivity index (χ1n) is 12.4. The first-order chi connectivity index (χ1) is 17.7. The van der Waals surface area contributed by atoms with E-state index in [2.05, 4.69) is 0 Å². The second-order valence-electron chi connectivity index (χ2n) is 9.48. The zero-order chi connectivity index (χ0) is 26.7. The van der Waals surface area contributed by atoms with Gasteiger partial charge in [-0.2, -0.15) is 0 Å². The summed E-state index contributed by atoms with van der Waals surface area (Å²) < 4.78 is 33.2. The molecule has 2 heterocycles. The van der Waals surface area contributed by atoms with Crippen LogP contribution in [0.2, 0.25) is 5.02 Å². The molecule has 0 radical (unpaired) electrons. The molecule has 0 spiro atoms. The third-order valence-electron chi connectivity index (χ3n) is 7.26. The highest BCUT2D eigenvalue weighted by Gasteiger charge is 2.43. The van der Waals surface area contributed by atoms with Crippen molar-refractivity contribution in [2.24, 2.45) is 5.92 Å². The molecule has 7 nitrogen and oxygen atoms in total. The average molecular weight is 534 g/mol. The molecule has 2 fully saturated rings. The molecule has 2 aromatic rings. The van der Waals surface area contributed by atoms with Gasteiger partial charge in [0.1, 0.15) is 17.4 Å². The standard InChI is InChI=1S/C27H30ClF2N3O4/c1-3-33(27(36)37-21-7-5-20(29)6-8-21)25-16-32(15-22(25)19-4-9-23(28)24(30)14-19)26(35)18-10-12-31(13-11-18)17(2)34/h4-9,14,18,22,25H,3,10-13,15-16H2,1-2H3. The van der Waals surface area contributed by atoms with Gasteiger partial charge in [-0.05, 0) is 61.7 Å². The number of amides is 3. The van der Waals surface area contributed by atoms with Crippen LogP contribution in [0.25, 0.3) is 0 Å². The van der Waals surface area contributed by atoms with Crippen LogP contribution >= 0.6 is 11.6 Å². The monoisotopic (exact) mass is 533 g/mol. The number of rotatable bonds is 5. The molecule has 10 heteroatoms. The Morgan fingerprint density at radius 3 is 2.30 bits per heavy atom. The smallest absolute Gasteiger partial charge is 0.410 e. The molecule has 0 saturated carbocycles. The minimum atomic E-state index is -0.636. The number of benzene rings is 2. The summed E-state index contributed by atoms with van der Waals surface area (Å²) in [6.07, 6.45) is 0.510. The minimum absolute atomic E-state index is 0.00443. The highest BCUT2D eigenvalue weighted by molar-refractivity contribution is 6.30. The lowest BCUT2D eigenvalue weighted by atomic mass is 9.93. The van der Waals surface area contributed by atoms with Gasteiger partial charge in [0.15, 0.2) is 0 Å². The van der Waals surface area contributed by atoms with Crippen LogP contribution in [-0.4, -0.2) is 71.4 Å². The van der Waals surface area contributed by atoms with Crippen LogP contribution in [0.4, 0.5) is 13.6 Å². The number of hydrogen-bond acceptors (Lipinski definition) is 4. The van der Waals surface area contributed by atoms with Crippen molar-refractivity contribution in [2.75, 3.05) is 32.7 Å². The number of nitrogens with zero attached hydrogens (tertiary/aromatic N) is 3. The number of carbonyl (C=O) groups is 3. The molecule has 0 bridgehead atoms. The zero-order valence-electron chi connectivity index (χ0n) is 20.8. The van der Waals surface area contributed by atoms with Gasteiger partial charge in [0.2, 0.25) is 11.8 Å². The van der Waals surface area contributed by atoms with Crippen LogP contribution in [0.1, 0.15) is 38.2 Å². The number of halogens is 3. The molecule has 0 aromatic heterocycles. The molecule has 2 aliphatic rings. The van der Waals surface area contributed by atoms with Crippen molar-refractivity contribution in [3.05, 3.63) is 64.7 Å². The average Bonchev–Trinajstić information content (AvgIpc) is 3.32. The van der Waals surface area contributed by atoms with Crippen LogP contribution in [0, 0.1) is 17.6 Å². The Morgan fingerprint density at radius 1 is 1.03 bits per heavy atom. The maximum atomic E-state index is 14.4. The van der Waals surface area contributed by atoms with E-state index in [4.69, 9.17) is 16.3 Å². The van der Waals surface area contributed by atoms with Crippen molar-refractivity contribution in [1.29, 1.82) is 0 Å². The quantitative estimate of drug-likeness (QED) is 0.559. The van der Waals surface area contributed by atoms with E-state index in [0.717, 1.165) is 0 Å². The summed E-state index contributed by atoms with van der Waals surface area (Å²) in [4.78, 5) is 43.3. The van der Waals surface area contributed by atoms with Crippen molar-refractivity contribution in [2.45, 2.75) is 38.6 Å². The summed E-state index contributed by atoms with van der Waals surface area (Å²) in [5.41, 5.74) is 0.627. The Balaban J connectivity index is 1.56. The molecule has 2 saturated heterocycles. The number of piperidine rings is 1. The predicted molar refractivity (Wildman–Crippen MR) is 134 cm³/mol. The van der Waals surface area contributed by atoms with E-state index in [9.17, 15) is 23.2 Å². The van der Waals surface area contributed by atoms with Crippen molar-refractivity contribution < 1.29 is 27.9 Å². The summed E-state index contributed by atoms with van der Waals surface area (Å²) in [6.45, 7) is 5.22. The third-order valence-corrected chi connectivity index (χ3v) is 7.56. The lowest BCUT2D eigenvalue weighted by Gasteiger charge is -2.33. The van der Waals surface area contributed by atoms with E-state index in [-0.39, 0.29) is 47.5 Å². The van der Waals surface area contributed by atoms with Crippen molar-refractivity contribution in [3.8, 4) is 5.75 Å². The maximum absolute atomic E-state index is 14.4. The van der Waals surface area contributed by atoms with Crippen LogP contribution in [-0.2, 0) is 9.59 Å². The summed E-state index contributed by atoms with van der Waals surface area (Å²) in [6, 6.07) is 9.19. The third kappa shape index (κ3) is 6.04. The first kappa shape index (κ1) is 26.9. The van der Waals surface area contributed by atoms with Crippen molar-refractivity contribution in [3.63, 3.8) is 0 Å². The second-order valence-corrected chi connectivity index (χ2v) is 9.89. The van der Waals surface area contributed by atoms with Gasteiger partial charge in [0.25, 0.3) is 0 Å². The van der Waals surface area contributed by atoms with E-state index < -0.39 is 23.8 Å². The lowest BCUT2D eigenvalue weighted by molar-refractivity contribution is -0.139. The van der Waals surface area contributed by atoms with Gasteiger partial charge >= 0.3 is 6.09 Å². The normalized spacial score (nSPS) is 20.1. The lowest BCUT2D eigenvalue weighted by Crippen LogP contribution is -2.47. The Kier molecular flexibility index (Phi) is 8.32. The van der Waals surface area contributed by atoms with Gasteiger partial charge in [0, 0.05) is 51.5 Å². The Bertz CT molecular complexity index is 1150. The topological polar surface area (TPSA) is 70.2 Å². The molecule has 37 heavy (non-hydrogen) atoms. The van der Waals surface area contributed by atoms with Crippen LogP contribution in [0.15, 0.2) is 42.5 Å². The zero-order valence-corrected chi connectivity index (χ0v) is 21.6. The SMILES string of the molecule is CCN(C(=O)Oc1ccc(F)cc1)C1CN(C(=O)C2CCN(C(C)=O)CC2)CC1c1ccc(Cl)c(F)c1. The predicted octanol–water partition coefficient (Wildman–Crippen LogP) is 4.69. The van der Waals surface area contributed by atoms with Crippen molar-refractivity contribution >= 4 is 29.5 Å². The van der Waals surface area contributed by atoms with E-state index in [1.807, 2.05) is 0 Å². The van der Waals surface area contributed by atoms with E-state index in [1.54, 1.807) is 22.8 Å². The number of likely N-dealkylation sites (N-methyl/N-ethyl adjacent to an activating group) is 1. The van der Waals surface area contributed by atoms with Crippen LogP contribution < -0.4 is 4.74 Å². The largest absolute Gasteiger partial charge is 0.415 e. The summed E-state index contributed by atoms with van der Waals surface area (Å²) >= 11 is 5.90. The molecule has 198 valence electrons. The molecule has 3 amide bonds. The summed E-state index contributed by atoms with van der Waals surface area (Å²) in [5, 5.41) is -0.00784. The van der Waals surface area contributed by atoms with Gasteiger partial charge < -0.3 is 19.4 Å². The molecule has 2 aliphatic heterocycles. The molecule has 2 aromatic carbocycles. The van der Waals surface area contributed by atoms with Gasteiger partial charge in [0.05, 0.1) is 11.1 Å². The van der Waals surface area contributed by atoms with Crippen LogP contribution in [0.3, 0.4) is 0 Å². The summed E-state index contributed by atoms with van der Waals surface area (Å²) in [5.74, 6) is -1.45. The number of carbonyl (C=O) groups excluding carboxylic acids is 3. The fourth-order valence-electron chi connectivity index (χ4n) is 5.21. The Hall–Kier alpha value is -3.20. The van der Waals surface area contributed by atoms with E-state index >= 15 is 0 Å². The summed E-state index contributed by atoms with van der Waals surface area (Å²) in [7, 11) is 0. The van der Waals surface area contributed by atoms with E-state index in [0.29, 0.717) is 38.0 Å². The molecule has 4 rings (SSSR count). The minimum Gasteiger partial charge on any atom is -0.410 e. The highest BCUT2D eigenvalue weighted by atomic mass is 35.5. The second kappa shape index (κ2) is 11.5. The molecule has 0 aliphatic carbocycles. The highest BCUT2D eigenvalue weighted by Crippen LogP contribution is 2.35. The fourth-order valence-corrected chi connectivity index (χ4v) is 5.33. The molecule has 2 unspecified atom stereocenters. The number of likely N-dealkylation sites (tertiary alicyclic amines) is 2. The molecule has 0 N–H and O–H groups in total. The van der Waals surface area contributed by atoms with Crippen molar-refractivity contribution in [1.82, 2.24) is 14.7 Å². The van der Waals surface area contributed by atoms with Gasteiger partial charge in [-0.15, -0.1) is 0 Å².